The highest BCUT2D eigenvalue weighted by Gasteiger charge is 2.20. The van der Waals surface area contributed by atoms with Gasteiger partial charge >= 0.3 is 0 Å². The van der Waals surface area contributed by atoms with Crippen molar-refractivity contribution in [2.75, 3.05) is 20.3 Å². The Kier molecular flexibility index (Phi) is 3.61. The van der Waals surface area contributed by atoms with E-state index in [1.165, 1.54) is 11.1 Å². The van der Waals surface area contributed by atoms with Crippen LogP contribution in [0.1, 0.15) is 11.1 Å². The maximum Gasteiger partial charge on any atom is 0.0993 e. The minimum absolute atomic E-state index is 0.603. The van der Waals surface area contributed by atoms with Crippen molar-refractivity contribution < 1.29 is 4.74 Å². The number of thioether (sulfide) groups is 1. The molecule has 1 aliphatic heterocycles. The number of rotatable bonds is 4. The molecule has 1 aromatic rings. The third-order valence-electron chi connectivity index (χ3n) is 2.35. The smallest absolute Gasteiger partial charge is 0.0993 e. The SMILES string of the molecule is CNCc1cnc(SC2COC2)c(C)c1. The lowest BCUT2D eigenvalue weighted by Crippen LogP contribution is -2.30. The maximum atomic E-state index is 5.15. The van der Waals surface area contributed by atoms with E-state index in [2.05, 4.69) is 23.3 Å². The number of nitrogens with one attached hydrogen (secondary N) is 1. The van der Waals surface area contributed by atoms with E-state index in [0.717, 1.165) is 24.8 Å². The Morgan fingerprint density at radius 3 is 2.93 bits per heavy atom. The topological polar surface area (TPSA) is 34.2 Å². The molecule has 0 spiro atoms. The number of hydrogen-bond donors (Lipinski definition) is 1. The van der Waals surface area contributed by atoms with Gasteiger partial charge in [-0.3, -0.25) is 0 Å². The average Bonchev–Trinajstić information content (AvgIpc) is 2.14. The predicted molar refractivity (Wildman–Crippen MR) is 62.2 cm³/mol. The molecular weight excluding hydrogens is 208 g/mol. The summed E-state index contributed by atoms with van der Waals surface area (Å²) in [5, 5.41) is 4.87. The first-order valence-corrected chi connectivity index (χ1v) is 6.02. The third kappa shape index (κ3) is 2.71. The fraction of sp³-hybridized carbons (Fsp3) is 0.545. The fourth-order valence-electron chi connectivity index (χ4n) is 1.48. The highest BCUT2D eigenvalue weighted by Crippen LogP contribution is 2.28. The first kappa shape index (κ1) is 10.9. The molecule has 1 aromatic heterocycles. The zero-order chi connectivity index (χ0) is 10.7. The normalized spacial score (nSPS) is 16.4. The van der Waals surface area contributed by atoms with Gasteiger partial charge in [0.1, 0.15) is 0 Å². The first-order valence-electron chi connectivity index (χ1n) is 5.14. The van der Waals surface area contributed by atoms with E-state index in [-0.39, 0.29) is 0 Å². The minimum Gasteiger partial charge on any atom is -0.379 e. The van der Waals surface area contributed by atoms with Gasteiger partial charge in [-0.1, -0.05) is 17.8 Å². The van der Waals surface area contributed by atoms with Gasteiger partial charge in [0.15, 0.2) is 0 Å². The van der Waals surface area contributed by atoms with Crippen LogP contribution in [0.4, 0.5) is 0 Å². The molecule has 0 saturated carbocycles. The number of aryl methyl sites for hydroxylation is 1. The van der Waals surface area contributed by atoms with E-state index in [1.807, 2.05) is 25.0 Å². The lowest BCUT2D eigenvalue weighted by atomic mass is 10.2. The van der Waals surface area contributed by atoms with Crippen LogP contribution in [0.3, 0.4) is 0 Å². The molecule has 15 heavy (non-hydrogen) atoms. The molecule has 0 atom stereocenters. The molecule has 1 fully saturated rings. The maximum absolute atomic E-state index is 5.15. The van der Waals surface area contributed by atoms with E-state index >= 15 is 0 Å². The molecule has 3 nitrogen and oxygen atoms in total. The van der Waals surface area contributed by atoms with Gasteiger partial charge in [-0.15, -0.1) is 0 Å². The van der Waals surface area contributed by atoms with Crippen molar-refractivity contribution in [1.29, 1.82) is 0 Å². The van der Waals surface area contributed by atoms with Crippen LogP contribution in [0.2, 0.25) is 0 Å². The highest BCUT2D eigenvalue weighted by atomic mass is 32.2. The van der Waals surface area contributed by atoms with Crippen LogP contribution in [0.25, 0.3) is 0 Å². The molecular formula is C11H16N2OS. The van der Waals surface area contributed by atoms with Crippen LogP contribution in [0, 0.1) is 6.92 Å². The Hall–Kier alpha value is -0.580. The molecule has 1 aliphatic rings. The molecule has 0 bridgehead atoms. The Balaban J connectivity index is 2.04. The zero-order valence-corrected chi connectivity index (χ0v) is 9.93. The highest BCUT2D eigenvalue weighted by molar-refractivity contribution is 8.00. The van der Waals surface area contributed by atoms with Gasteiger partial charge in [-0.2, -0.15) is 0 Å². The third-order valence-corrected chi connectivity index (χ3v) is 3.61. The van der Waals surface area contributed by atoms with Crippen molar-refractivity contribution in [3.05, 3.63) is 23.4 Å². The van der Waals surface area contributed by atoms with Crippen LogP contribution in [-0.2, 0) is 11.3 Å². The second kappa shape index (κ2) is 4.96. The van der Waals surface area contributed by atoms with Gasteiger partial charge < -0.3 is 10.1 Å². The Morgan fingerprint density at radius 2 is 2.40 bits per heavy atom. The molecule has 82 valence electrons. The van der Waals surface area contributed by atoms with Crippen LogP contribution in [0.15, 0.2) is 17.3 Å². The first-order chi connectivity index (χ1) is 7.29. The number of hydrogen-bond acceptors (Lipinski definition) is 4. The van der Waals surface area contributed by atoms with E-state index in [0.29, 0.717) is 5.25 Å². The van der Waals surface area contributed by atoms with Gasteiger partial charge in [-0.05, 0) is 25.1 Å². The standard InChI is InChI=1S/C11H16N2OS/c1-8-3-9(4-12-2)5-13-11(8)15-10-6-14-7-10/h3,5,10,12H,4,6-7H2,1-2H3. The van der Waals surface area contributed by atoms with Gasteiger partial charge in [0.25, 0.3) is 0 Å². The molecule has 1 N–H and O–H groups in total. The van der Waals surface area contributed by atoms with Gasteiger partial charge in [0.05, 0.1) is 23.5 Å². The van der Waals surface area contributed by atoms with Crippen LogP contribution < -0.4 is 5.32 Å². The molecule has 0 amide bonds. The van der Waals surface area contributed by atoms with Crippen molar-refractivity contribution in [2.45, 2.75) is 23.7 Å². The van der Waals surface area contributed by atoms with Crippen molar-refractivity contribution in [3.63, 3.8) is 0 Å². The molecule has 0 unspecified atom stereocenters. The largest absolute Gasteiger partial charge is 0.379 e. The van der Waals surface area contributed by atoms with Crippen LogP contribution in [-0.4, -0.2) is 30.5 Å². The fourth-order valence-corrected chi connectivity index (χ4v) is 2.49. The monoisotopic (exact) mass is 224 g/mol. The lowest BCUT2D eigenvalue weighted by molar-refractivity contribution is 0.0454. The van der Waals surface area contributed by atoms with Crippen LogP contribution >= 0.6 is 11.8 Å². The molecule has 0 radical (unpaired) electrons. The van der Waals surface area contributed by atoms with Crippen molar-refractivity contribution >= 4 is 11.8 Å². The number of aromatic nitrogens is 1. The number of nitrogens with zero attached hydrogens (tertiary/aromatic N) is 1. The Bertz CT molecular complexity index is 339. The van der Waals surface area contributed by atoms with E-state index in [1.54, 1.807) is 0 Å². The summed E-state index contributed by atoms with van der Waals surface area (Å²) in [4.78, 5) is 4.49. The summed E-state index contributed by atoms with van der Waals surface area (Å²) in [7, 11) is 1.95. The molecule has 2 rings (SSSR count). The van der Waals surface area contributed by atoms with E-state index in [9.17, 15) is 0 Å². The minimum atomic E-state index is 0.603. The number of ether oxygens (including phenoxy) is 1. The molecule has 1 saturated heterocycles. The summed E-state index contributed by atoms with van der Waals surface area (Å²) >= 11 is 1.83. The molecule has 2 heterocycles. The lowest BCUT2D eigenvalue weighted by Gasteiger charge is -2.25. The molecule has 0 aliphatic carbocycles. The zero-order valence-electron chi connectivity index (χ0n) is 9.12. The van der Waals surface area contributed by atoms with E-state index in [4.69, 9.17) is 4.74 Å². The summed E-state index contributed by atoms with van der Waals surface area (Å²) in [6.45, 7) is 4.73. The second-order valence-corrected chi connectivity index (χ2v) is 5.06. The van der Waals surface area contributed by atoms with Gasteiger partial charge in [0.2, 0.25) is 0 Å². The predicted octanol–water partition coefficient (Wildman–Crippen LogP) is 1.60. The summed E-state index contributed by atoms with van der Waals surface area (Å²) in [6.07, 6.45) is 1.95. The summed E-state index contributed by atoms with van der Waals surface area (Å²) < 4.78 is 5.15. The van der Waals surface area contributed by atoms with Crippen molar-refractivity contribution in [3.8, 4) is 0 Å². The van der Waals surface area contributed by atoms with Gasteiger partial charge in [0, 0.05) is 12.7 Å². The Morgan fingerprint density at radius 1 is 1.60 bits per heavy atom. The Labute approximate surface area is 94.6 Å². The van der Waals surface area contributed by atoms with Crippen LogP contribution in [0.5, 0.6) is 0 Å². The van der Waals surface area contributed by atoms with E-state index < -0.39 is 0 Å². The quantitative estimate of drug-likeness (QED) is 0.842. The number of pyridine rings is 1. The second-order valence-electron chi connectivity index (χ2n) is 3.77. The summed E-state index contributed by atoms with van der Waals surface area (Å²) in [5.41, 5.74) is 2.50. The van der Waals surface area contributed by atoms with Crippen molar-refractivity contribution in [2.24, 2.45) is 0 Å². The van der Waals surface area contributed by atoms with Gasteiger partial charge in [-0.25, -0.2) is 4.98 Å². The van der Waals surface area contributed by atoms with Crippen molar-refractivity contribution in [1.82, 2.24) is 10.3 Å². The molecule has 0 aromatic carbocycles. The summed E-state index contributed by atoms with van der Waals surface area (Å²) in [5.74, 6) is 0. The average molecular weight is 224 g/mol. The summed E-state index contributed by atoms with van der Waals surface area (Å²) in [6, 6.07) is 2.20. The molecule has 4 heteroatoms.